The molecule has 0 unspecified atom stereocenters. The monoisotopic (exact) mass is 255 g/mol. The molecule has 0 aromatic carbocycles. The highest BCUT2D eigenvalue weighted by atomic mass is 16.2. The van der Waals surface area contributed by atoms with Gasteiger partial charge >= 0.3 is 6.03 Å². The van der Waals surface area contributed by atoms with Crippen LogP contribution >= 0.6 is 0 Å². The largest absolute Gasteiger partial charge is 0.352 e. The van der Waals surface area contributed by atoms with Crippen molar-refractivity contribution in [2.45, 2.75) is 52.1 Å². The van der Waals surface area contributed by atoms with E-state index in [1.165, 1.54) is 0 Å². The molecule has 0 radical (unpaired) electrons. The Kier molecular flexibility index (Phi) is 4.32. The molecule has 0 saturated carbocycles. The van der Waals surface area contributed by atoms with Crippen molar-refractivity contribution in [1.29, 1.82) is 0 Å². The predicted molar refractivity (Wildman–Crippen MR) is 66.8 cm³/mol. The van der Waals surface area contributed by atoms with Crippen LogP contribution in [-0.4, -0.2) is 40.9 Å². The van der Waals surface area contributed by atoms with Gasteiger partial charge in [0.1, 0.15) is 12.1 Å². The van der Waals surface area contributed by atoms with Crippen LogP contribution in [0.15, 0.2) is 0 Å². The highest BCUT2D eigenvalue weighted by Crippen LogP contribution is 2.15. The van der Waals surface area contributed by atoms with Gasteiger partial charge in [-0.1, -0.05) is 13.8 Å². The second-order valence-corrected chi connectivity index (χ2v) is 5.03. The van der Waals surface area contributed by atoms with Crippen LogP contribution in [0.25, 0.3) is 0 Å². The third kappa shape index (κ3) is 3.00. The van der Waals surface area contributed by atoms with Crippen molar-refractivity contribution in [2.75, 3.05) is 6.54 Å². The van der Waals surface area contributed by atoms with Gasteiger partial charge in [-0.25, -0.2) is 4.79 Å². The molecule has 0 aromatic rings. The summed E-state index contributed by atoms with van der Waals surface area (Å²) in [6.45, 7) is 6.97. The van der Waals surface area contributed by atoms with Crippen LogP contribution in [0, 0.1) is 0 Å². The molecule has 102 valence electrons. The Morgan fingerprint density at radius 2 is 1.89 bits per heavy atom. The number of carbonyl (C=O) groups is 3. The number of rotatable bonds is 5. The van der Waals surface area contributed by atoms with Crippen molar-refractivity contribution < 1.29 is 14.4 Å². The average molecular weight is 255 g/mol. The fraction of sp³-hybridized carbons (Fsp3) is 0.750. The first-order valence-electron chi connectivity index (χ1n) is 6.25. The molecule has 1 aliphatic rings. The van der Waals surface area contributed by atoms with Gasteiger partial charge in [-0.15, -0.1) is 0 Å². The normalized spacial score (nSPS) is 18.2. The maximum atomic E-state index is 11.9. The van der Waals surface area contributed by atoms with E-state index >= 15 is 0 Å². The fourth-order valence-corrected chi connectivity index (χ4v) is 1.87. The number of nitrogens with zero attached hydrogens (tertiary/aromatic N) is 1. The Morgan fingerprint density at radius 3 is 2.28 bits per heavy atom. The van der Waals surface area contributed by atoms with Crippen LogP contribution in [0.1, 0.15) is 40.5 Å². The molecule has 0 aliphatic carbocycles. The molecule has 6 heteroatoms. The Balaban J connectivity index is 2.60. The second kappa shape index (κ2) is 5.37. The molecule has 0 spiro atoms. The topological polar surface area (TPSA) is 78.5 Å². The summed E-state index contributed by atoms with van der Waals surface area (Å²) in [4.78, 5) is 36.1. The highest BCUT2D eigenvalue weighted by molar-refractivity contribution is 6.08. The van der Waals surface area contributed by atoms with Crippen molar-refractivity contribution >= 4 is 17.8 Å². The lowest BCUT2D eigenvalue weighted by molar-refractivity contribution is -0.134. The molecule has 1 rings (SSSR count). The van der Waals surface area contributed by atoms with Crippen molar-refractivity contribution in [3.8, 4) is 0 Å². The summed E-state index contributed by atoms with van der Waals surface area (Å²) in [5.41, 5.74) is -0.924. The minimum atomic E-state index is -0.924. The van der Waals surface area contributed by atoms with Crippen LogP contribution < -0.4 is 10.6 Å². The van der Waals surface area contributed by atoms with Crippen molar-refractivity contribution in [2.24, 2.45) is 0 Å². The van der Waals surface area contributed by atoms with Crippen molar-refractivity contribution in [3.63, 3.8) is 0 Å². The smallest absolute Gasteiger partial charge is 0.325 e. The zero-order valence-corrected chi connectivity index (χ0v) is 11.4. The average Bonchev–Trinajstić information content (AvgIpc) is 2.48. The number of hydrogen-bond donors (Lipinski definition) is 2. The first-order chi connectivity index (χ1) is 8.31. The van der Waals surface area contributed by atoms with E-state index in [0.717, 1.165) is 17.7 Å². The van der Waals surface area contributed by atoms with Gasteiger partial charge in [-0.2, -0.15) is 0 Å². The minimum absolute atomic E-state index is 0.0891. The second-order valence-electron chi connectivity index (χ2n) is 5.03. The quantitative estimate of drug-likeness (QED) is 0.707. The number of nitrogens with one attached hydrogen (secondary N) is 2. The van der Waals surface area contributed by atoms with Gasteiger partial charge < -0.3 is 10.6 Å². The molecule has 4 amide bonds. The van der Waals surface area contributed by atoms with Gasteiger partial charge in [0.05, 0.1) is 0 Å². The zero-order valence-electron chi connectivity index (χ0n) is 11.4. The van der Waals surface area contributed by atoms with Gasteiger partial charge in [-0.3, -0.25) is 14.5 Å². The SMILES string of the molecule is CCC(CC)NC(=O)CN1C(=O)NC(C)(C)C1=O. The third-order valence-electron chi connectivity index (χ3n) is 3.10. The molecule has 1 saturated heterocycles. The van der Waals surface area contributed by atoms with Gasteiger partial charge in [0.2, 0.25) is 5.91 Å². The molecule has 6 nitrogen and oxygen atoms in total. The third-order valence-corrected chi connectivity index (χ3v) is 3.10. The summed E-state index contributed by atoms with van der Waals surface area (Å²) >= 11 is 0. The molecule has 2 N–H and O–H groups in total. The molecular weight excluding hydrogens is 234 g/mol. The Morgan fingerprint density at radius 1 is 1.33 bits per heavy atom. The molecule has 0 aromatic heterocycles. The van der Waals surface area contributed by atoms with E-state index in [1.54, 1.807) is 13.8 Å². The van der Waals surface area contributed by atoms with Crippen LogP contribution in [0.5, 0.6) is 0 Å². The first-order valence-corrected chi connectivity index (χ1v) is 6.25. The first kappa shape index (κ1) is 14.5. The van der Waals surface area contributed by atoms with Crippen LogP contribution in [-0.2, 0) is 9.59 Å². The fourth-order valence-electron chi connectivity index (χ4n) is 1.87. The summed E-state index contributed by atoms with van der Waals surface area (Å²) in [6, 6.07) is -0.420. The number of urea groups is 1. The Labute approximate surface area is 107 Å². The maximum Gasteiger partial charge on any atom is 0.325 e. The molecule has 18 heavy (non-hydrogen) atoms. The van der Waals surface area contributed by atoms with Gasteiger partial charge in [0.15, 0.2) is 0 Å². The van der Waals surface area contributed by atoms with Gasteiger partial charge in [0.25, 0.3) is 5.91 Å². The van der Waals surface area contributed by atoms with E-state index in [0.29, 0.717) is 0 Å². The summed E-state index contributed by atoms with van der Waals surface area (Å²) in [7, 11) is 0. The summed E-state index contributed by atoms with van der Waals surface area (Å²) in [5.74, 6) is -0.669. The lowest BCUT2D eigenvalue weighted by Gasteiger charge is -2.18. The lowest BCUT2D eigenvalue weighted by atomic mass is 10.1. The van der Waals surface area contributed by atoms with E-state index in [2.05, 4.69) is 10.6 Å². The lowest BCUT2D eigenvalue weighted by Crippen LogP contribution is -2.45. The zero-order chi connectivity index (χ0) is 13.9. The summed E-state index contributed by atoms with van der Waals surface area (Å²) in [5, 5.41) is 5.34. The Hall–Kier alpha value is -1.59. The van der Waals surface area contributed by atoms with Gasteiger partial charge in [0, 0.05) is 6.04 Å². The number of imide groups is 1. The summed E-state index contributed by atoms with van der Waals surface area (Å²) in [6.07, 6.45) is 1.65. The Bertz CT molecular complexity index is 362. The molecule has 0 bridgehead atoms. The van der Waals surface area contributed by atoms with Crippen LogP contribution in [0.4, 0.5) is 4.79 Å². The molecular formula is C12H21N3O3. The van der Waals surface area contributed by atoms with Crippen molar-refractivity contribution in [3.05, 3.63) is 0 Å². The molecule has 1 heterocycles. The number of amides is 4. The minimum Gasteiger partial charge on any atom is -0.352 e. The number of hydrogen-bond acceptors (Lipinski definition) is 3. The van der Waals surface area contributed by atoms with Gasteiger partial charge in [-0.05, 0) is 26.7 Å². The maximum absolute atomic E-state index is 11.9. The van der Waals surface area contributed by atoms with E-state index in [4.69, 9.17) is 0 Å². The van der Waals surface area contributed by atoms with Crippen molar-refractivity contribution in [1.82, 2.24) is 15.5 Å². The highest BCUT2D eigenvalue weighted by Gasteiger charge is 2.44. The molecule has 1 fully saturated rings. The number of carbonyl (C=O) groups excluding carboxylic acids is 3. The molecule has 0 atom stereocenters. The predicted octanol–water partition coefficient (Wildman–Crippen LogP) is 0.622. The molecule has 1 aliphatic heterocycles. The van der Waals surface area contributed by atoms with Crippen LogP contribution in [0.2, 0.25) is 0 Å². The van der Waals surface area contributed by atoms with E-state index in [-0.39, 0.29) is 24.4 Å². The van der Waals surface area contributed by atoms with E-state index < -0.39 is 11.6 Å². The summed E-state index contributed by atoms with van der Waals surface area (Å²) < 4.78 is 0. The van der Waals surface area contributed by atoms with Crippen LogP contribution in [0.3, 0.4) is 0 Å². The standard InChI is InChI=1S/C12H21N3O3/c1-5-8(6-2)13-9(16)7-15-10(17)12(3,4)14-11(15)18/h8H,5-7H2,1-4H3,(H,13,16)(H,14,18). The van der Waals surface area contributed by atoms with E-state index in [1.807, 2.05) is 13.8 Å². The van der Waals surface area contributed by atoms with E-state index in [9.17, 15) is 14.4 Å².